The second-order valence-electron chi connectivity index (χ2n) is 13.6. The van der Waals surface area contributed by atoms with Crippen molar-refractivity contribution < 1.29 is 38.8 Å². The highest BCUT2D eigenvalue weighted by atomic mass is 16.6. The number of hydrogen-bond donors (Lipinski definition) is 2. The van der Waals surface area contributed by atoms with Gasteiger partial charge >= 0.3 is 11.9 Å². The molecule has 7 fully saturated rings. The van der Waals surface area contributed by atoms with Crippen molar-refractivity contribution in [1.82, 2.24) is 0 Å². The number of carbonyl (C=O) groups excluding carboxylic acids is 3. The Morgan fingerprint density at radius 2 is 1.79 bits per heavy atom. The zero-order valence-electron chi connectivity index (χ0n) is 22.9. The lowest BCUT2D eigenvalue weighted by Gasteiger charge is -2.84. The molecule has 2 spiro atoms. The van der Waals surface area contributed by atoms with Gasteiger partial charge in [-0.2, -0.15) is 0 Å². The van der Waals surface area contributed by atoms with Crippen molar-refractivity contribution in [3.05, 3.63) is 47.5 Å². The summed E-state index contributed by atoms with van der Waals surface area (Å²) < 4.78 is 18.2. The second kappa shape index (κ2) is 7.39. The number of ketones is 1. The van der Waals surface area contributed by atoms with Crippen LogP contribution in [0.2, 0.25) is 0 Å². The van der Waals surface area contributed by atoms with E-state index in [4.69, 9.17) is 14.2 Å². The van der Waals surface area contributed by atoms with Crippen LogP contribution in [0.4, 0.5) is 0 Å². The molecule has 7 aliphatic rings. The van der Waals surface area contributed by atoms with Crippen molar-refractivity contribution in [2.45, 2.75) is 77.0 Å². The van der Waals surface area contributed by atoms with E-state index in [0.29, 0.717) is 36.8 Å². The number of benzene rings is 1. The monoisotopic (exact) mass is 536 g/mol. The molecule has 1 aromatic carbocycles. The van der Waals surface area contributed by atoms with Crippen LogP contribution in [0, 0.1) is 46.8 Å². The highest BCUT2D eigenvalue weighted by molar-refractivity contribution is 6.10. The fourth-order valence-electron chi connectivity index (χ4n) is 10.4. The average Bonchev–Trinajstić information content (AvgIpc) is 2.88. The first-order valence-electron chi connectivity index (χ1n) is 14.1. The van der Waals surface area contributed by atoms with Crippen LogP contribution in [0.5, 0.6) is 0 Å². The largest absolute Gasteiger partial charge is 0.462 e. The lowest BCUT2D eigenvalue weighted by Crippen LogP contribution is -2.97. The van der Waals surface area contributed by atoms with Crippen LogP contribution in [-0.2, 0) is 23.8 Å². The third-order valence-electron chi connectivity index (χ3n) is 11.7. The van der Waals surface area contributed by atoms with E-state index in [0.717, 1.165) is 5.56 Å². The standard InChI is InChI=1S/C31H36O8/c1-15-6-8-18(9-7-15)25(34)39-30-16(2)19-10-11-20-28-14-37-31(36,29(20,22(19)30)26(30)35)24(33)23(28)27(4,5)13-12-21(28)38-17(3)32/h6-9,19-24,33,36H,2,10-14H2,1,3-5H3/t19-,20-,21-,22+,23+,24-,28+,29+,30?,31+/m0/s1. The van der Waals surface area contributed by atoms with Gasteiger partial charge in [0.15, 0.2) is 11.4 Å². The van der Waals surface area contributed by atoms with Gasteiger partial charge in [0.1, 0.15) is 17.6 Å². The fourth-order valence-corrected chi connectivity index (χ4v) is 10.4. The molecule has 0 radical (unpaired) electrons. The van der Waals surface area contributed by atoms with Gasteiger partial charge in [-0.15, -0.1) is 0 Å². The summed E-state index contributed by atoms with van der Waals surface area (Å²) in [4.78, 5) is 40.2. The molecule has 2 saturated heterocycles. The molecule has 10 atom stereocenters. The topological polar surface area (TPSA) is 119 Å². The summed E-state index contributed by atoms with van der Waals surface area (Å²) in [6.07, 6.45) is 0.633. The molecule has 8 heteroatoms. The highest BCUT2D eigenvalue weighted by Gasteiger charge is 2.97. The maximum Gasteiger partial charge on any atom is 0.339 e. The predicted molar refractivity (Wildman–Crippen MR) is 137 cm³/mol. The maximum absolute atomic E-state index is 14.6. The fraction of sp³-hybridized carbons (Fsp3) is 0.645. The van der Waals surface area contributed by atoms with E-state index in [2.05, 4.69) is 20.4 Å². The quantitative estimate of drug-likeness (QED) is 0.447. The van der Waals surface area contributed by atoms with Gasteiger partial charge in [0.05, 0.1) is 12.2 Å². The van der Waals surface area contributed by atoms with E-state index >= 15 is 0 Å². The number of carbonyl (C=O) groups is 3. The van der Waals surface area contributed by atoms with Crippen molar-refractivity contribution in [3.63, 3.8) is 0 Å². The maximum atomic E-state index is 14.6. The molecule has 5 aliphatic carbocycles. The lowest BCUT2D eigenvalue weighted by molar-refractivity contribution is -0.483. The molecule has 1 unspecified atom stereocenters. The van der Waals surface area contributed by atoms with Crippen LogP contribution >= 0.6 is 0 Å². The molecule has 2 aliphatic heterocycles. The van der Waals surface area contributed by atoms with Gasteiger partial charge in [0.25, 0.3) is 0 Å². The molecule has 0 amide bonds. The van der Waals surface area contributed by atoms with Crippen molar-refractivity contribution in [1.29, 1.82) is 0 Å². The molecular formula is C31H36O8. The Balaban J connectivity index is 1.36. The van der Waals surface area contributed by atoms with Crippen LogP contribution < -0.4 is 0 Å². The van der Waals surface area contributed by atoms with E-state index in [-0.39, 0.29) is 12.5 Å². The molecule has 1 aromatic rings. The summed E-state index contributed by atoms with van der Waals surface area (Å²) in [5.74, 6) is -5.21. The predicted octanol–water partition coefficient (Wildman–Crippen LogP) is 3.12. The van der Waals surface area contributed by atoms with Gasteiger partial charge in [0.2, 0.25) is 5.79 Å². The van der Waals surface area contributed by atoms with Gasteiger partial charge in [0, 0.05) is 24.2 Å². The minimum Gasteiger partial charge on any atom is -0.462 e. The zero-order valence-corrected chi connectivity index (χ0v) is 22.9. The molecule has 5 saturated carbocycles. The number of aliphatic hydroxyl groups excluding tert-OH is 1. The summed E-state index contributed by atoms with van der Waals surface area (Å²) >= 11 is 0. The first kappa shape index (κ1) is 25.4. The first-order valence-corrected chi connectivity index (χ1v) is 14.1. The van der Waals surface area contributed by atoms with E-state index < -0.39 is 75.3 Å². The van der Waals surface area contributed by atoms with Crippen LogP contribution in [0.1, 0.15) is 62.4 Å². The summed E-state index contributed by atoms with van der Waals surface area (Å²) in [7, 11) is 0. The number of ether oxygens (including phenoxy) is 3. The molecule has 39 heavy (non-hydrogen) atoms. The number of Topliss-reactive ketones (excluding diaryl/α,β-unsaturated/α-hetero) is 1. The molecule has 8 rings (SSSR count). The molecule has 2 bridgehead atoms. The van der Waals surface area contributed by atoms with E-state index in [1.807, 2.05) is 6.92 Å². The molecule has 8 nitrogen and oxygen atoms in total. The normalized spacial score (nSPS) is 48.1. The van der Waals surface area contributed by atoms with Gasteiger partial charge in [-0.25, -0.2) is 4.79 Å². The number of hydrogen-bond acceptors (Lipinski definition) is 8. The minimum atomic E-state index is -2.14. The number of esters is 2. The summed E-state index contributed by atoms with van der Waals surface area (Å²) in [6, 6.07) is 6.94. The Morgan fingerprint density at radius 3 is 2.46 bits per heavy atom. The zero-order chi connectivity index (χ0) is 27.9. The highest BCUT2D eigenvalue weighted by Crippen LogP contribution is 2.85. The molecule has 0 aromatic heterocycles. The minimum absolute atomic E-state index is 0.0841. The summed E-state index contributed by atoms with van der Waals surface area (Å²) in [6.45, 7) is 11.7. The Morgan fingerprint density at radius 1 is 1.10 bits per heavy atom. The van der Waals surface area contributed by atoms with Crippen LogP contribution in [0.25, 0.3) is 0 Å². The van der Waals surface area contributed by atoms with Gasteiger partial charge in [-0.3, -0.25) is 9.59 Å². The van der Waals surface area contributed by atoms with E-state index in [1.165, 1.54) is 6.92 Å². The third-order valence-corrected chi connectivity index (χ3v) is 11.7. The average molecular weight is 537 g/mol. The van der Waals surface area contributed by atoms with E-state index in [1.54, 1.807) is 24.3 Å². The van der Waals surface area contributed by atoms with Crippen molar-refractivity contribution in [2.24, 2.45) is 39.9 Å². The Bertz CT molecular complexity index is 1330. The van der Waals surface area contributed by atoms with Crippen molar-refractivity contribution >= 4 is 17.7 Å². The number of fused-ring (bicyclic) bond motifs is 1. The smallest absolute Gasteiger partial charge is 0.339 e. The molecule has 2 heterocycles. The van der Waals surface area contributed by atoms with Crippen LogP contribution in [-0.4, -0.2) is 58.1 Å². The van der Waals surface area contributed by atoms with Gasteiger partial charge in [-0.05, 0) is 67.6 Å². The van der Waals surface area contributed by atoms with Gasteiger partial charge in [-0.1, -0.05) is 38.1 Å². The lowest BCUT2D eigenvalue weighted by atomic mass is 9.21. The van der Waals surface area contributed by atoms with Crippen LogP contribution in [0.15, 0.2) is 36.4 Å². The molecule has 2 N–H and O–H groups in total. The number of aryl methyl sites for hydroxylation is 1. The molecular weight excluding hydrogens is 500 g/mol. The Kier molecular flexibility index (Phi) is 4.82. The summed E-state index contributed by atoms with van der Waals surface area (Å²) in [5, 5.41) is 24.3. The number of rotatable bonds is 3. The first-order chi connectivity index (χ1) is 18.3. The van der Waals surface area contributed by atoms with Crippen molar-refractivity contribution in [3.8, 4) is 0 Å². The van der Waals surface area contributed by atoms with Crippen LogP contribution in [0.3, 0.4) is 0 Å². The Hall–Kier alpha value is -2.55. The van der Waals surface area contributed by atoms with E-state index in [9.17, 15) is 24.6 Å². The second-order valence-corrected chi connectivity index (χ2v) is 13.6. The Labute approximate surface area is 227 Å². The van der Waals surface area contributed by atoms with Crippen molar-refractivity contribution in [2.75, 3.05) is 6.61 Å². The van der Waals surface area contributed by atoms with Gasteiger partial charge < -0.3 is 24.4 Å². The SMILES string of the molecule is C=C1[C@@H]2CC[C@H]3[C@@]45CO[C@](O)([C@@H](O)[C@@H]4C(C)(C)CC[C@@H]5OC(C)=O)[C@]34C(=O)C1(OC(=O)c1ccc(C)cc1)[C@H]24. The number of aliphatic hydroxyl groups is 2. The summed E-state index contributed by atoms with van der Waals surface area (Å²) in [5.41, 5.74) is -2.42. The molecule has 208 valence electrons. The third kappa shape index (κ3) is 2.52.